The van der Waals surface area contributed by atoms with Gasteiger partial charge in [0, 0.05) is 18.1 Å². The summed E-state index contributed by atoms with van der Waals surface area (Å²) < 4.78 is 4.98. The highest BCUT2D eigenvalue weighted by Crippen LogP contribution is 2.28. The van der Waals surface area contributed by atoms with E-state index in [1.54, 1.807) is 6.92 Å². The van der Waals surface area contributed by atoms with Crippen molar-refractivity contribution in [1.82, 2.24) is 0 Å². The molecule has 0 aliphatic rings. The number of methoxy groups -OCH3 is 1. The van der Waals surface area contributed by atoms with Gasteiger partial charge in [-0.05, 0) is 18.6 Å². The van der Waals surface area contributed by atoms with Crippen molar-refractivity contribution < 1.29 is 24.4 Å². The second-order valence-corrected chi connectivity index (χ2v) is 3.61. The Morgan fingerprint density at radius 3 is 2.50 bits per heavy atom. The molecule has 1 aromatic carbocycles. The van der Waals surface area contributed by atoms with Crippen LogP contribution in [0.1, 0.15) is 11.1 Å². The molecule has 96 valence electrons. The lowest BCUT2D eigenvalue weighted by Gasteiger charge is -2.07. The molecule has 7 nitrogen and oxygen atoms in total. The van der Waals surface area contributed by atoms with E-state index in [-0.39, 0.29) is 11.3 Å². The number of hydrogen-bond donors (Lipinski definition) is 1. The summed E-state index contributed by atoms with van der Waals surface area (Å²) in [5.41, 5.74) is 0.272. The number of carboxylic acids is 1. The topological polar surface area (TPSA) is 107 Å². The third-order valence-electron chi connectivity index (χ3n) is 2.38. The molecule has 0 aliphatic heterocycles. The smallest absolute Gasteiger partial charge is 0.372 e. The van der Waals surface area contributed by atoms with Crippen LogP contribution in [0.4, 0.5) is 5.69 Å². The zero-order chi connectivity index (χ0) is 13.9. The number of carboxylic acid groups (broad SMARTS) is 1. The Bertz CT molecular complexity index is 523. The number of ether oxygens (including phenoxy) is 1. The molecule has 0 unspecified atom stereocenters. The number of nitro benzene ring substituents is 1. The number of hydrogen-bond acceptors (Lipinski definition) is 5. The van der Waals surface area contributed by atoms with Crippen LogP contribution in [0.2, 0.25) is 0 Å². The maximum atomic E-state index is 11.1. The summed E-state index contributed by atoms with van der Waals surface area (Å²) in [5, 5.41) is 19.3. The van der Waals surface area contributed by atoms with Crippen LogP contribution in [-0.2, 0) is 16.0 Å². The Balaban J connectivity index is 3.26. The first-order chi connectivity index (χ1) is 8.36. The van der Waals surface area contributed by atoms with Gasteiger partial charge in [-0.25, -0.2) is 4.79 Å². The summed E-state index contributed by atoms with van der Waals surface area (Å²) in [6.45, 7) is 1.62. The zero-order valence-corrected chi connectivity index (χ0v) is 9.80. The van der Waals surface area contributed by atoms with Gasteiger partial charge in [0.05, 0.1) is 12.0 Å². The number of Topliss-reactive ketones (excluding diaryl/α,β-unsaturated/α-hetero) is 1. The minimum Gasteiger partial charge on any atom is -0.496 e. The minimum absolute atomic E-state index is 0.0230. The van der Waals surface area contributed by atoms with E-state index in [9.17, 15) is 19.7 Å². The monoisotopic (exact) mass is 253 g/mol. The third-order valence-corrected chi connectivity index (χ3v) is 2.38. The highest BCUT2D eigenvalue weighted by atomic mass is 16.6. The fraction of sp³-hybridized carbons (Fsp3) is 0.273. The molecule has 0 aromatic heterocycles. The van der Waals surface area contributed by atoms with Crippen LogP contribution in [0.25, 0.3) is 0 Å². The average molecular weight is 253 g/mol. The quantitative estimate of drug-likeness (QED) is 0.478. The van der Waals surface area contributed by atoms with Crippen LogP contribution in [0.5, 0.6) is 5.75 Å². The fourth-order valence-electron chi connectivity index (χ4n) is 1.49. The van der Waals surface area contributed by atoms with Crippen molar-refractivity contribution in [3.63, 3.8) is 0 Å². The van der Waals surface area contributed by atoms with Gasteiger partial charge in [0.15, 0.2) is 0 Å². The Morgan fingerprint density at radius 1 is 1.44 bits per heavy atom. The molecule has 0 aliphatic carbocycles. The second kappa shape index (κ2) is 5.26. The molecular weight excluding hydrogens is 242 g/mol. The largest absolute Gasteiger partial charge is 0.496 e. The minimum atomic E-state index is -1.62. The van der Waals surface area contributed by atoms with E-state index in [0.29, 0.717) is 11.3 Å². The van der Waals surface area contributed by atoms with E-state index in [1.807, 2.05) is 0 Å². The van der Waals surface area contributed by atoms with Gasteiger partial charge in [0.25, 0.3) is 5.69 Å². The SMILES string of the molecule is COc1cc(CC(=O)C(=O)O)c([N+](=O)[O-])cc1C. The first-order valence-electron chi connectivity index (χ1n) is 4.94. The first kappa shape index (κ1) is 13.6. The molecule has 18 heavy (non-hydrogen) atoms. The van der Waals surface area contributed by atoms with E-state index >= 15 is 0 Å². The van der Waals surface area contributed by atoms with Gasteiger partial charge in [-0.15, -0.1) is 0 Å². The van der Waals surface area contributed by atoms with Crippen LogP contribution in [0, 0.1) is 17.0 Å². The lowest BCUT2D eigenvalue weighted by Crippen LogP contribution is -2.16. The number of aliphatic carboxylic acids is 1. The third kappa shape index (κ3) is 2.82. The van der Waals surface area contributed by atoms with E-state index in [2.05, 4.69) is 0 Å². The molecule has 0 atom stereocenters. The van der Waals surface area contributed by atoms with Crippen molar-refractivity contribution in [2.24, 2.45) is 0 Å². The van der Waals surface area contributed by atoms with Crippen molar-refractivity contribution in [3.05, 3.63) is 33.4 Å². The lowest BCUT2D eigenvalue weighted by atomic mass is 10.0. The van der Waals surface area contributed by atoms with Gasteiger partial charge >= 0.3 is 5.97 Å². The number of carbonyl (C=O) groups is 2. The van der Waals surface area contributed by atoms with Crippen LogP contribution in [-0.4, -0.2) is 28.9 Å². The molecule has 1 N–H and O–H groups in total. The van der Waals surface area contributed by atoms with Crippen LogP contribution in [0.15, 0.2) is 12.1 Å². The van der Waals surface area contributed by atoms with Gasteiger partial charge < -0.3 is 9.84 Å². The maximum absolute atomic E-state index is 11.1. The summed E-state index contributed by atoms with van der Waals surface area (Å²) in [6, 6.07) is 2.57. The molecule has 0 saturated carbocycles. The molecule has 7 heteroatoms. The molecule has 0 fully saturated rings. The van der Waals surface area contributed by atoms with E-state index in [1.165, 1.54) is 19.2 Å². The number of carbonyl (C=O) groups excluding carboxylic acids is 1. The highest BCUT2D eigenvalue weighted by Gasteiger charge is 2.22. The molecule has 0 amide bonds. The number of aryl methyl sites for hydroxylation is 1. The highest BCUT2D eigenvalue weighted by molar-refractivity contribution is 6.33. The fourth-order valence-corrected chi connectivity index (χ4v) is 1.49. The van der Waals surface area contributed by atoms with Crippen molar-refractivity contribution in [2.75, 3.05) is 7.11 Å². The summed E-state index contributed by atoms with van der Waals surface area (Å²) >= 11 is 0. The number of nitro groups is 1. The normalized spacial score (nSPS) is 9.89. The number of nitrogens with zero attached hydrogens (tertiary/aromatic N) is 1. The van der Waals surface area contributed by atoms with Gasteiger partial charge in [0.1, 0.15) is 5.75 Å². The van der Waals surface area contributed by atoms with Crippen molar-refractivity contribution in [2.45, 2.75) is 13.3 Å². The maximum Gasteiger partial charge on any atom is 0.372 e. The molecule has 1 aromatic rings. The lowest BCUT2D eigenvalue weighted by molar-refractivity contribution is -0.385. The second-order valence-electron chi connectivity index (χ2n) is 3.61. The predicted molar refractivity (Wildman–Crippen MR) is 60.7 cm³/mol. The zero-order valence-electron chi connectivity index (χ0n) is 9.80. The van der Waals surface area contributed by atoms with E-state index in [0.717, 1.165) is 0 Å². The van der Waals surface area contributed by atoms with Crippen molar-refractivity contribution >= 4 is 17.4 Å². The Hall–Kier alpha value is -2.44. The van der Waals surface area contributed by atoms with E-state index < -0.39 is 23.1 Å². The van der Waals surface area contributed by atoms with E-state index in [4.69, 9.17) is 9.84 Å². The summed E-state index contributed by atoms with van der Waals surface area (Å²) in [4.78, 5) is 31.7. The summed E-state index contributed by atoms with van der Waals surface area (Å²) in [5.74, 6) is -2.36. The van der Waals surface area contributed by atoms with Gasteiger partial charge in [-0.3, -0.25) is 14.9 Å². The molecule has 0 bridgehead atoms. The average Bonchev–Trinajstić information content (AvgIpc) is 2.30. The van der Waals surface area contributed by atoms with Crippen molar-refractivity contribution in [1.29, 1.82) is 0 Å². The van der Waals surface area contributed by atoms with Crippen LogP contribution < -0.4 is 4.74 Å². The van der Waals surface area contributed by atoms with Crippen molar-refractivity contribution in [3.8, 4) is 5.75 Å². The number of rotatable bonds is 5. The molecular formula is C11H11NO6. The predicted octanol–water partition coefficient (Wildman–Crippen LogP) is 1.11. The number of benzene rings is 1. The van der Waals surface area contributed by atoms with Crippen LogP contribution >= 0.6 is 0 Å². The molecule has 0 heterocycles. The molecule has 1 rings (SSSR count). The van der Waals surface area contributed by atoms with Crippen LogP contribution in [0.3, 0.4) is 0 Å². The van der Waals surface area contributed by atoms with Gasteiger partial charge in [0.2, 0.25) is 5.78 Å². The molecule has 0 saturated heterocycles. The first-order valence-corrected chi connectivity index (χ1v) is 4.94. The summed E-state index contributed by atoms with van der Waals surface area (Å²) in [6.07, 6.45) is -0.539. The molecule has 0 spiro atoms. The Morgan fingerprint density at radius 2 is 2.06 bits per heavy atom. The van der Waals surface area contributed by atoms with Gasteiger partial charge in [-0.1, -0.05) is 0 Å². The number of ketones is 1. The Labute approximate surface area is 102 Å². The standard InChI is InChI=1S/C11H11NO6/c1-6-3-8(12(16)17)7(5-10(6)18-2)4-9(13)11(14)15/h3,5H,4H2,1-2H3,(H,14,15). The molecule has 0 radical (unpaired) electrons. The Kier molecular flexibility index (Phi) is 3.98. The van der Waals surface area contributed by atoms with Gasteiger partial charge in [-0.2, -0.15) is 0 Å². The summed E-state index contributed by atoms with van der Waals surface area (Å²) in [7, 11) is 1.39.